The van der Waals surface area contributed by atoms with Gasteiger partial charge in [0, 0.05) is 5.02 Å². The summed E-state index contributed by atoms with van der Waals surface area (Å²) in [7, 11) is 1.35. The van der Waals surface area contributed by atoms with Crippen LogP contribution in [0.4, 0.5) is 0 Å². The van der Waals surface area contributed by atoms with Crippen molar-refractivity contribution >= 4 is 17.6 Å². The highest BCUT2D eigenvalue weighted by atomic mass is 35.5. The number of carbonyl (C=O) groups is 1. The normalized spacial score (nSPS) is 23.0. The average Bonchev–Trinajstić information content (AvgIpc) is 2.36. The van der Waals surface area contributed by atoms with Crippen molar-refractivity contribution in [3.8, 4) is 0 Å². The fourth-order valence-corrected chi connectivity index (χ4v) is 2.78. The molecule has 0 saturated heterocycles. The van der Waals surface area contributed by atoms with Crippen LogP contribution in [0.2, 0.25) is 5.02 Å². The molecule has 1 aliphatic carbocycles. The third kappa shape index (κ3) is 1.94. The maximum Gasteiger partial charge on any atom is 0.318 e. The predicted octanol–water partition coefficient (Wildman–Crippen LogP) is 2.08. The fourth-order valence-electron chi connectivity index (χ4n) is 2.59. The second-order valence-electron chi connectivity index (χ2n) is 4.39. The van der Waals surface area contributed by atoms with E-state index in [-0.39, 0.29) is 12.6 Å². The van der Waals surface area contributed by atoms with E-state index in [1.54, 1.807) is 6.07 Å². The third-order valence-corrected chi connectivity index (χ3v) is 3.71. The van der Waals surface area contributed by atoms with E-state index < -0.39 is 5.41 Å². The molecule has 0 spiro atoms. The van der Waals surface area contributed by atoms with Crippen LogP contribution in [0.1, 0.15) is 24.0 Å². The van der Waals surface area contributed by atoms with Crippen molar-refractivity contribution in [3.05, 3.63) is 34.3 Å². The minimum absolute atomic E-state index is 0.228. The number of ether oxygens (including phenoxy) is 1. The summed E-state index contributed by atoms with van der Waals surface area (Å²) in [6, 6.07) is 5.44. The molecule has 4 heteroatoms. The molecule has 0 fully saturated rings. The molecule has 0 aromatic heterocycles. The first-order valence-electron chi connectivity index (χ1n) is 5.62. The number of carbonyl (C=O) groups excluding carboxylic acids is 1. The van der Waals surface area contributed by atoms with Gasteiger partial charge in [0.05, 0.1) is 13.7 Å². The van der Waals surface area contributed by atoms with Crippen LogP contribution in [0.5, 0.6) is 0 Å². The molecular formula is C13H15ClO3. The van der Waals surface area contributed by atoms with Crippen LogP contribution in [0.15, 0.2) is 18.2 Å². The number of aliphatic hydroxyl groups is 1. The summed E-state index contributed by atoms with van der Waals surface area (Å²) in [5.41, 5.74) is 0.970. The fraction of sp³-hybridized carbons (Fsp3) is 0.462. The van der Waals surface area contributed by atoms with Crippen molar-refractivity contribution in [2.24, 2.45) is 0 Å². The van der Waals surface area contributed by atoms with Crippen LogP contribution < -0.4 is 0 Å². The topological polar surface area (TPSA) is 46.5 Å². The van der Waals surface area contributed by atoms with Gasteiger partial charge in [0.2, 0.25) is 0 Å². The number of halogens is 1. The van der Waals surface area contributed by atoms with Gasteiger partial charge in [-0.25, -0.2) is 0 Å². The lowest BCUT2D eigenvalue weighted by Gasteiger charge is -2.35. The number of esters is 1. The molecule has 17 heavy (non-hydrogen) atoms. The lowest BCUT2D eigenvalue weighted by atomic mass is 9.70. The van der Waals surface area contributed by atoms with Crippen LogP contribution in [-0.2, 0) is 21.4 Å². The van der Waals surface area contributed by atoms with E-state index in [2.05, 4.69) is 0 Å². The smallest absolute Gasteiger partial charge is 0.318 e. The highest BCUT2D eigenvalue weighted by Crippen LogP contribution is 2.39. The van der Waals surface area contributed by atoms with Crippen LogP contribution in [0.3, 0.4) is 0 Å². The SMILES string of the molecule is COC(=O)[C@@]1(CO)CCCc2cc(Cl)ccc21. The summed E-state index contributed by atoms with van der Waals surface area (Å²) >= 11 is 5.95. The van der Waals surface area contributed by atoms with Gasteiger partial charge < -0.3 is 9.84 Å². The molecule has 1 N–H and O–H groups in total. The van der Waals surface area contributed by atoms with E-state index in [0.29, 0.717) is 11.4 Å². The molecule has 1 aromatic rings. The first-order valence-corrected chi connectivity index (χ1v) is 6.00. The molecule has 0 radical (unpaired) electrons. The molecule has 3 nitrogen and oxygen atoms in total. The van der Waals surface area contributed by atoms with Crippen LogP contribution in [-0.4, -0.2) is 24.8 Å². The van der Waals surface area contributed by atoms with Gasteiger partial charge in [-0.3, -0.25) is 4.79 Å². The highest BCUT2D eigenvalue weighted by molar-refractivity contribution is 6.30. The van der Waals surface area contributed by atoms with Crippen LogP contribution in [0, 0.1) is 0 Å². The number of methoxy groups -OCH3 is 1. The van der Waals surface area contributed by atoms with Crippen molar-refractivity contribution in [1.29, 1.82) is 0 Å². The van der Waals surface area contributed by atoms with E-state index in [9.17, 15) is 9.90 Å². The summed E-state index contributed by atoms with van der Waals surface area (Å²) < 4.78 is 4.84. The Bertz CT molecular complexity index is 444. The van der Waals surface area contributed by atoms with Crippen LogP contribution >= 0.6 is 11.6 Å². The molecule has 0 saturated carbocycles. The van der Waals surface area contributed by atoms with Crippen molar-refractivity contribution < 1.29 is 14.6 Å². The van der Waals surface area contributed by atoms with Crippen molar-refractivity contribution in [2.75, 3.05) is 13.7 Å². The van der Waals surface area contributed by atoms with Gasteiger partial charge >= 0.3 is 5.97 Å². The number of hydrogen-bond donors (Lipinski definition) is 1. The molecule has 1 aromatic carbocycles. The Labute approximate surface area is 105 Å². The maximum absolute atomic E-state index is 12.0. The molecular weight excluding hydrogens is 240 g/mol. The standard InChI is InChI=1S/C13H15ClO3/c1-17-12(16)13(8-15)6-2-3-9-7-10(14)4-5-11(9)13/h4-5,7,15H,2-3,6,8H2,1H3/t13-/m1/s1. The number of aryl methyl sites for hydroxylation is 1. The van der Waals surface area contributed by atoms with Gasteiger partial charge in [-0.1, -0.05) is 17.7 Å². The van der Waals surface area contributed by atoms with Crippen molar-refractivity contribution in [2.45, 2.75) is 24.7 Å². The zero-order valence-electron chi connectivity index (χ0n) is 9.70. The number of rotatable bonds is 2. The second-order valence-corrected chi connectivity index (χ2v) is 4.82. The Morgan fingerprint density at radius 1 is 1.59 bits per heavy atom. The van der Waals surface area contributed by atoms with E-state index >= 15 is 0 Å². The zero-order valence-corrected chi connectivity index (χ0v) is 10.5. The lowest BCUT2D eigenvalue weighted by molar-refractivity contribution is -0.150. The lowest BCUT2D eigenvalue weighted by Crippen LogP contribution is -2.43. The monoisotopic (exact) mass is 254 g/mol. The largest absolute Gasteiger partial charge is 0.468 e. The summed E-state index contributed by atoms with van der Waals surface area (Å²) in [5.74, 6) is -0.372. The van der Waals surface area contributed by atoms with Gasteiger partial charge in [-0.05, 0) is 42.5 Å². The first-order chi connectivity index (χ1) is 8.14. The molecule has 92 valence electrons. The Kier molecular flexibility index (Phi) is 3.40. The minimum Gasteiger partial charge on any atom is -0.468 e. The highest BCUT2D eigenvalue weighted by Gasteiger charge is 2.44. The Morgan fingerprint density at radius 2 is 2.35 bits per heavy atom. The summed E-state index contributed by atoms with van der Waals surface area (Å²) in [6.45, 7) is -0.228. The molecule has 0 bridgehead atoms. The van der Waals surface area contributed by atoms with Gasteiger partial charge in [-0.2, -0.15) is 0 Å². The second kappa shape index (κ2) is 4.67. The number of hydrogen-bond acceptors (Lipinski definition) is 3. The molecule has 0 heterocycles. The molecule has 0 unspecified atom stereocenters. The van der Waals surface area contributed by atoms with E-state index in [1.807, 2.05) is 12.1 Å². The molecule has 2 rings (SSSR count). The number of benzene rings is 1. The van der Waals surface area contributed by atoms with Gasteiger partial charge in [0.25, 0.3) is 0 Å². The first kappa shape index (κ1) is 12.4. The molecule has 1 atom stereocenters. The van der Waals surface area contributed by atoms with Gasteiger partial charge in [0.1, 0.15) is 5.41 Å². The molecule has 0 aliphatic heterocycles. The molecule has 0 amide bonds. The molecule has 1 aliphatic rings. The average molecular weight is 255 g/mol. The maximum atomic E-state index is 12.0. The Hall–Kier alpha value is -1.06. The summed E-state index contributed by atoms with van der Waals surface area (Å²) in [4.78, 5) is 12.0. The van der Waals surface area contributed by atoms with E-state index in [1.165, 1.54) is 7.11 Å². The Morgan fingerprint density at radius 3 is 3.00 bits per heavy atom. The summed E-state index contributed by atoms with van der Waals surface area (Å²) in [5, 5.41) is 10.3. The van der Waals surface area contributed by atoms with Gasteiger partial charge in [0.15, 0.2) is 0 Å². The van der Waals surface area contributed by atoms with Crippen molar-refractivity contribution in [1.82, 2.24) is 0 Å². The van der Waals surface area contributed by atoms with Gasteiger partial charge in [-0.15, -0.1) is 0 Å². The number of fused-ring (bicyclic) bond motifs is 1. The van der Waals surface area contributed by atoms with Crippen LogP contribution in [0.25, 0.3) is 0 Å². The quantitative estimate of drug-likeness (QED) is 0.822. The summed E-state index contributed by atoms with van der Waals surface area (Å²) in [6.07, 6.45) is 2.35. The van der Waals surface area contributed by atoms with E-state index in [0.717, 1.165) is 24.0 Å². The van der Waals surface area contributed by atoms with E-state index in [4.69, 9.17) is 16.3 Å². The Balaban J connectivity index is 2.55. The minimum atomic E-state index is -0.910. The van der Waals surface area contributed by atoms with Crippen molar-refractivity contribution in [3.63, 3.8) is 0 Å². The zero-order chi connectivity index (χ0) is 12.5. The predicted molar refractivity (Wildman–Crippen MR) is 65.2 cm³/mol. The number of aliphatic hydroxyl groups excluding tert-OH is 1. The third-order valence-electron chi connectivity index (χ3n) is 3.48.